The van der Waals surface area contributed by atoms with Crippen LogP contribution in [0.2, 0.25) is 0 Å². The third kappa shape index (κ3) is 1.31. The number of nitrogens with one attached hydrogen (secondary N) is 1. The zero-order valence-electron chi connectivity index (χ0n) is 7.23. The Balaban J connectivity index is 2.44. The normalized spacial score (nSPS) is 15.9. The van der Waals surface area contributed by atoms with E-state index in [1.54, 1.807) is 18.2 Å². The number of amides is 1. The molecule has 4 nitrogen and oxygen atoms in total. The van der Waals surface area contributed by atoms with Crippen LogP contribution in [0.1, 0.15) is 0 Å². The van der Waals surface area contributed by atoms with Gasteiger partial charge in [-0.15, -0.1) is 0 Å². The predicted molar refractivity (Wildman–Crippen MR) is 56.2 cm³/mol. The Morgan fingerprint density at radius 3 is 2.71 bits per heavy atom. The van der Waals surface area contributed by atoms with E-state index in [0.29, 0.717) is 10.8 Å². The number of benzene rings is 1. The van der Waals surface area contributed by atoms with E-state index in [1.807, 2.05) is 0 Å². The molecule has 1 saturated heterocycles. The molecule has 0 radical (unpaired) electrons. The minimum atomic E-state index is -0.156. The Morgan fingerprint density at radius 1 is 1.43 bits per heavy atom. The summed E-state index contributed by atoms with van der Waals surface area (Å²) in [5.41, 5.74) is 0.424. The van der Waals surface area contributed by atoms with E-state index >= 15 is 0 Å². The van der Waals surface area contributed by atoms with Gasteiger partial charge < -0.3 is 10.4 Å². The molecule has 1 aliphatic heterocycles. The fraction of sp³-hybridized carbons (Fsp3) is 0.111. The Bertz CT molecular complexity index is 390. The number of phenolic OH excluding ortho intramolecular Hbond substituents is 1. The zero-order valence-corrected chi connectivity index (χ0v) is 8.04. The van der Waals surface area contributed by atoms with Crippen molar-refractivity contribution in [3.63, 3.8) is 0 Å². The van der Waals surface area contributed by atoms with Crippen LogP contribution >= 0.6 is 12.2 Å². The van der Waals surface area contributed by atoms with Crippen molar-refractivity contribution in [2.75, 3.05) is 11.4 Å². The quantitative estimate of drug-likeness (QED) is 0.664. The molecule has 5 heteroatoms. The molecule has 72 valence electrons. The van der Waals surface area contributed by atoms with E-state index in [0.717, 1.165) is 0 Å². The number of aromatic hydroxyl groups is 1. The van der Waals surface area contributed by atoms with Crippen LogP contribution in [-0.2, 0) is 4.79 Å². The molecule has 0 unspecified atom stereocenters. The molecule has 0 spiro atoms. The molecule has 2 N–H and O–H groups in total. The lowest BCUT2D eigenvalue weighted by atomic mass is 10.2. The SMILES string of the molecule is O=C1CNC(=S)N1c1ccccc1O. The number of carbonyl (C=O) groups is 1. The first-order valence-electron chi connectivity index (χ1n) is 4.09. The molecule has 0 saturated carbocycles. The predicted octanol–water partition coefficient (Wildman–Crippen LogP) is 0.613. The van der Waals surface area contributed by atoms with Crippen LogP contribution in [0.4, 0.5) is 5.69 Å². The summed E-state index contributed by atoms with van der Waals surface area (Å²) in [7, 11) is 0. The number of thiocarbonyl (C=S) groups is 1. The fourth-order valence-electron chi connectivity index (χ4n) is 1.32. The largest absolute Gasteiger partial charge is 0.506 e. The highest BCUT2D eigenvalue weighted by Crippen LogP contribution is 2.27. The van der Waals surface area contributed by atoms with Crippen molar-refractivity contribution in [3.8, 4) is 5.75 Å². The Morgan fingerprint density at radius 2 is 2.14 bits per heavy atom. The van der Waals surface area contributed by atoms with Crippen molar-refractivity contribution in [1.29, 1.82) is 0 Å². The van der Waals surface area contributed by atoms with Crippen molar-refractivity contribution in [1.82, 2.24) is 5.32 Å². The number of phenols is 1. The molecule has 1 fully saturated rings. The highest BCUT2D eigenvalue weighted by Gasteiger charge is 2.28. The van der Waals surface area contributed by atoms with Crippen LogP contribution in [0.3, 0.4) is 0 Å². The number of anilines is 1. The van der Waals surface area contributed by atoms with Gasteiger partial charge in [-0.3, -0.25) is 9.69 Å². The van der Waals surface area contributed by atoms with Gasteiger partial charge in [-0.05, 0) is 24.4 Å². The summed E-state index contributed by atoms with van der Waals surface area (Å²) in [5.74, 6) is -0.108. The molecule has 1 aliphatic rings. The van der Waals surface area contributed by atoms with E-state index in [-0.39, 0.29) is 18.2 Å². The maximum atomic E-state index is 11.4. The van der Waals surface area contributed by atoms with Crippen molar-refractivity contribution in [3.05, 3.63) is 24.3 Å². The molecule has 1 amide bonds. The molecule has 14 heavy (non-hydrogen) atoms. The number of nitrogens with zero attached hydrogens (tertiary/aromatic N) is 1. The molecule has 2 rings (SSSR count). The lowest BCUT2D eigenvalue weighted by molar-refractivity contribution is -0.115. The molecule has 1 heterocycles. The average Bonchev–Trinajstić information content (AvgIpc) is 2.48. The molecule has 0 bridgehead atoms. The summed E-state index contributed by atoms with van der Waals surface area (Å²) in [6.07, 6.45) is 0. The van der Waals surface area contributed by atoms with Gasteiger partial charge in [0.15, 0.2) is 5.11 Å². The molecular formula is C9H8N2O2S. The summed E-state index contributed by atoms with van der Waals surface area (Å²) < 4.78 is 0. The van der Waals surface area contributed by atoms with Crippen LogP contribution in [0.5, 0.6) is 5.75 Å². The maximum Gasteiger partial charge on any atom is 0.252 e. The van der Waals surface area contributed by atoms with Crippen LogP contribution in [0.25, 0.3) is 0 Å². The van der Waals surface area contributed by atoms with Crippen LogP contribution < -0.4 is 10.2 Å². The summed E-state index contributed by atoms with van der Waals surface area (Å²) in [4.78, 5) is 12.7. The minimum absolute atomic E-state index is 0.0481. The second-order valence-electron chi connectivity index (χ2n) is 2.88. The molecular weight excluding hydrogens is 200 g/mol. The number of hydrogen-bond acceptors (Lipinski definition) is 3. The van der Waals surface area contributed by atoms with Crippen molar-refractivity contribution in [2.45, 2.75) is 0 Å². The molecule has 0 atom stereocenters. The number of para-hydroxylation sites is 2. The highest BCUT2D eigenvalue weighted by molar-refractivity contribution is 7.80. The van der Waals surface area contributed by atoms with Gasteiger partial charge in [-0.2, -0.15) is 0 Å². The average molecular weight is 208 g/mol. The Labute approximate surface area is 86.1 Å². The van der Waals surface area contributed by atoms with Gasteiger partial charge in [-0.25, -0.2) is 0 Å². The van der Waals surface area contributed by atoms with Gasteiger partial charge in [0.1, 0.15) is 5.75 Å². The zero-order chi connectivity index (χ0) is 10.1. The first-order valence-corrected chi connectivity index (χ1v) is 4.50. The van der Waals surface area contributed by atoms with Gasteiger partial charge in [0.2, 0.25) is 0 Å². The number of rotatable bonds is 1. The van der Waals surface area contributed by atoms with E-state index in [2.05, 4.69) is 5.32 Å². The van der Waals surface area contributed by atoms with E-state index in [1.165, 1.54) is 11.0 Å². The smallest absolute Gasteiger partial charge is 0.252 e. The van der Waals surface area contributed by atoms with Gasteiger partial charge in [0, 0.05) is 0 Å². The van der Waals surface area contributed by atoms with Crippen molar-refractivity contribution < 1.29 is 9.90 Å². The van der Waals surface area contributed by atoms with Crippen LogP contribution in [0, 0.1) is 0 Å². The second-order valence-corrected chi connectivity index (χ2v) is 3.26. The van der Waals surface area contributed by atoms with E-state index < -0.39 is 0 Å². The Hall–Kier alpha value is -1.62. The minimum Gasteiger partial charge on any atom is -0.506 e. The van der Waals surface area contributed by atoms with E-state index in [4.69, 9.17) is 12.2 Å². The van der Waals surface area contributed by atoms with Crippen molar-refractivity contribution in [2.24, 2.45) is 0 Å². The van der Waals surface area contributed by atoms with Gasteiger partial charge >= 0.3 is 0 Å². The van der Waals surface area contributed by atoms with Crippen LogP contribution in [-0.4, -0.2) is 22.7 Å². The lowest BCUT2D eigenvalue weighted by Gasteiger charge is -2.15. The third-order valence-corrected chi connectivity index (χ3v) is 2.29. The van der Waals surface area contributed by atoms with Gasteiger partial charge in [0.05, 0.1) is 12.2 Å². The molecule has 0 aromatic heterocycles. The topological polar surface area (TPSA) is 52.6 Å². The van der Waals surface area contributed by atoms with Crippen molar-refractivity contribution >= 4 is 28.9 Å². The van der Waals surface area contributed by atoms with Gasteiger partial charge in [-0.1, -0.05) is 12.1 Å². The first kappa shape index (κ1) is 8.96. The fourth-order valence-corrected chi connectivity index (χ4v) is 1.59. The standard InChI is InChI=1S/C9H8N2O2S/c12-7-4-2-1-3-6(7)11-8(13)5-10-9(11)14/h1-4,12H,5H2,(H,10,14). The lowest BCUT2D eigenvalue weighted by Crippen LogP contribution is -2.30. The number of hydrogen-bond donors (Lipinski definition) is 2. The molecule has 0 aliphatic carbocycles. The number of carbonyl (C=O) groups excluding carboxylic acids is 1. The molecule has 1 aromatic rings. The van der Waals surface area contributed by atoms with E-state index in [9.17, 15) is 9.90 Å². The van der Waals surface area contributed by atoms with Crippen LogP contribution in [0.15, 0.2) is 24.3 Å². The summed E-state index contributed by atoms with van der Waals surface area (Å²) in [6.45, 7) is 0.188. The summed E-state index contributed by atoms with van der Waals surface area (Å²) in [6, 6.07) is 6.59. The maximum absolute atomic E-state index is 11.4. The van der Waals surface area contributed by atoms with Gasteiger partial charge in [0.25, 0.3) is 5.91 Å². The monoisotopic (exact) mass is 208 g/mol. The Kier molecular flexibility index (Phi) is 2.09. The summed E-state index contributed by atoms with van der Waals surface area (Å²) in [5, 5.41) is 12.6. The second kappa shape index (κ2) is 3.26. The molecule has 1 aromatic carbocycles. The highest BCUT2D eigenvalue weighted by atomic mass is 32.1. The summed E-state index contributed by atoms with van der Waals surface area (Å²) >= 11 is 4.94. The third-order valence-electron chi connectivity index (χ3n) is 1.97. The first-order chi connectivity index (χ1) is 6.70.